The number of hydrogen-bond donors (Lipinski definition) is 1. The minimum absolute atomic E-state index is 0.0311. The largest absolute Gasteiger partial charge is 0.375 e. The van der Waals surface area contributed by atoms with Gasteiger partial charge in [-0.3, -0.25) is 4.79 Å². The molecule has 0 aliphatic heterocycles. The van der Waals surface area contributed by atoms with Gasteiger partial charge in [0.15, 0.2) is 0 Å². The molecule has 0 atom stereocenters. The number of halogens is 1. The highest BCUT2D eigenvalue weighted by Crippen LogP contribution is 2.20. The summed E-state index contributed by atoms with van der Waals surface area (Å²) in [6.45, 7) is 2.71. The molecule has 0 bridgehead atoms. The van der Waals surface area contributed by atoms with Crippen LogP contribution >= 0.6 is 11.6 Å². The topological polar surface area (TPSA) is 56.1 Å². The third kappa shape index (κ3) is 3.65. The highest BCUT2D eigenvalue weighted by atomic mass is 35.5. The lowest BCUT2D eigenvalue weighted by Gasteiger charge is -2.15. The van der Waals surface area contributed by atoms with E-state index in [0.717, 1.165) is 0 Å². The third-order valence-corrected chi connectivity index (χ3v) is 2.67. The van der Waals surface area contributed by atoms with Crippen LogP contribution in [0.5, 0.6) is 0 Å². The molecule has 0 aliphatic carbocycles. The molecule has 0 saturated carbocycles. The van der Waals surface area contributed by atoms with Gasteiger partial charge in [-0.2, -0.15) is 5.26 Å². The molecular formula is C12H14ClN3O. The standard InChI is InChI=1S/C12H14ClN3O/c1-3-16(2)12(17)8-15-11-6-10(13)5-4-9(11)7-14/h4-6,15H,3,8H2,1-2H3. The van der Waals surface area contributed by atoms with Gasteiger partial charge in [0.05, 0.1) is 17.8 Å². The van der Waals surface area contributed by atoms with Crippen molar-refractivity contribution < 1.29 is 4.79 Å². The van der Waals surface area contributed by atoms with Crippen molar-refractivity contribution in [2.45, 2.75) is 6.92 Å². The lowest BCUT2D eigenvalue weighted by molar-refractivity contribution is -0.127. The molecule has 1 rings (SSSR count). The smallest absolute Gasteiger partial charge is 0.241 e. The van der Waals surface area contributed by atoms with E-state index in [1.165, 1.54) is 0 Å². The predicted molar refractivity (Wildman–Crippen MR) is 68.0 cm³/mol. The number of nitriles is 1. The van der Waals surface area contributed by atoms with E-state index in [9.17, 15) is 4.79 Å². The second-order valence-corrected chi connectivity index (χ2v) is 4.00. The highest BCUT2D eigenvalue weighted by molar-refractivity contribution is 6.30. The SMILES string of the molecule is CCN(C)C(=O)CNc1cc(Cl)ccc1C#N. The summed E-state index contributed by atoms with van der Waals surface area (Å²) < 4.78 is 0. The Labute approximate surface area is 106 Å². The highest BCUT2D eigenvalue weighted by Gasteiger charge is 2.08. The first kappa shape index (κ1) is 13.3. The molecule has 1 aromatic rings. The van der Waals surface area contributed by atoms with Crippen LogP contribution < -0.4 is 5.32 Å². The van der Waals surface area contributed by atoms with Gasteiger partial charge in [-0.15, -0.1) is 0 Å². The van der Waals surface area contributed by atoms with Crippen LogP contribution in [0.1, 0.15) is 12.5 Å². The molecule has 0 aromatic heterocycles. The third-order valence-electron chi connectivity index (χ3n) is 2.43. The minimum atomic E-state index is -0.0311. The monoisotopic (exact) mass is 251 g/mol. The van der Waals surface area contributed by atoms with Crippen LogP contribution in [0.15, 0.2) is 18.2 Å². The van der Waals surface area contributed by atoms with Crippen LogP contribution in [0.25, 0.3) is 0 Å². The first-order valence-corrected chi connectivity index (χ1v) is 5.63. The average molecular weight is 252 g/mol. The number of anilines is 1. The van der Waals surface area contributed by atoms with Crippen molar-refractivity contribution in [2.24, 2.45) is 0 Å². The minimum Gasteiger partial charge on any atom is -0.375 e. The zero-order chi connectivity index (χ0) is 12.8. The van der Waals surface area contributed by atoms with Crippen LogP contribution in [0.4, 0.5) is 5.69 Å². The molecule has 0 unspecified atom stereocenters. The van der Waals surface area contributed by atoms with E-state index < -0.39 is 0 Å². The molecule has 0 spiro atoms. The van der Waals surface area contributed by atoms with Gasteiger partial charge in [-0.25, -0.2) is 0 Å². The van der Waals surface area contributed by atoms with Gasteiger partial charge in [0.1, 0.15) is 6.07 Å². The first-order valence-electron chi connectivity index (χ1n) is 5.26. The van der Waals surface area contributed by atoms with Gasteiger partial charge in [-0.1, -0.05) is 11.6 Å². The summed E-state index contributed by atoms with van der Waals surface area (Å²) in [5.74, 6) is -0.0311. The molecule has 4 nitrogen and oxygen atoms in total. The van der Waals surface area contributed by atoms with Gasteiger partial charge in [0, 0.05) is 18.6 Å². The van der Waals surface area contributed by atoms with Crippen LogP contribution in [0.2, 0.25) is 5.02 Å². The van der Waals surface area contributed by atoms with Gasteiger partial charge < -0.3 is 10.2 Å². The summed E-state index contributed by atoms with van der Waals surface area (Å²) in [5, 5.41) is 12.4. The maximum Gasteiger partial charge on any atom is 0.241 e. The number of nitrogens with one attached hydrogen (secondary N) is 1. The average Bonchev–Trinajstić information content (AvgIpc) is 2.35. The zero-order valence-electron chi connectivity index (χ0n) is 9.83. The molecule has 0 radical (unpaired) electrons. The maximum atomic E-state index is 11.6. The first-order chi connectivity index (χ1) is 8.08. The molecule has 0 heterocycles. The van der Waals surface area contributed by atoms with Crippen molar-refractivity contribution in [3.8, 4) is 6.07 Å². The molecular weight excluding hydrogens is 238 g/mol. The molecule has 1 N–H and O–H groups in total. The number of likely N-dealkylation sites (N-methyl/N-ethyl adjacent to an activating group) is 1. The number of carbonyl (C=O) groups is 1. The van der Waals surface area contributed by atoms with Gasteiger partial charge in [0.2, 0.25) is 5.91 Å². The zero-order valence-corrected chi connectivity index (χ0v) is 10.6. The van der Waals surface area contributed by atoms with Gasteiger partial charge in [-0.05, 0) is 25.1 Å². The number of amides is 1. The van der Waals surface area contributed by atoms with E-state index in [1.54, 1.807) is 30.1 Å². The van der Waals surface area contributed by atoms with E-state index in [1.807, 2.05) is 13.0 Å². The summed E-state index contributed by atoms with van der Waals surface area (Å²) in [6.07, 6.45) is 0. The van der Waals surface area contributed by atoms with Gasteiger partial charge >= 0.3 is 0 Å². The number of nitrogens with zero attached hydrogens (tertiary/aromatic N) is 2. The van der Waals surface area contributed by atoms with Crippen molar-refractivity contribution >= 4 is 23.2 Å². The summed E-state index contributed by atoms with van der Waals surface area (Å²) in [6, 6.07) is 6.95. The Morgan fingerprint density at radius 3 is 2.88 bits per heavy atom. The van der Waals surface area contributed by atoms with Crippen LogP contribution in [0, 0.1) is 11.3 Å². The number of hydrogen-bond acceptors (Lipinski definition) is 3. The van der Waals surface area contributed by atoms with Crippen molar-refractivity contribution in [3.63, 3.8) is 0 Å². The second-order valence-electron chi connectivity index (χ2n) is 3.56. The summed E-state index contributed by atoms with van der Waals surface area (Å²) in [4.78, 5) is 13.2. The Balaban J connectivity index is 2.72. The summed E-state index contributed by atoms with van der Waals surface area (Å²) in [7, 11) is 1.73. The summed E-state index contributed by atoms with van der Waals surface area (Å²) in [5.41, 5.74) is 1.05. The Hall–Kier alpha value is -1.73. The fraction of sp³-hybridized carbons (Fsp3) is 0.333. The molecule has 0 saturated heterocycles. The quantitative estimate of drug-likeness (QED) is 0.892. The molecule has 0 aliphatic rings. The molecule has 1 amide bonds. The normalized spacial score (nSPS) is 9.53. The van der Waals surface area contributed by atoms with Crippen LogP contribution in [-0.2, 0) is 4.79 Å². The van der Waals surface area contributed by atoms with E-state index in [2.05, 4.69) is 5.32 Å². The number of rotatable bonds is 4. The number of carbonyl (C=O) groups excluding carboxylic acids is 1. The fourth-order valence-corrected chi connectivity index (χ4v) is 1.41. The Kier molecular flexibility index (Phi) is 4.80. The Morgan fingerprint density at radius 1 is 1.59 bits per heavy atom. The summed E-state index contributed by atoms with van der Waals surface area (Å²) >= 11 is 5.83. The van der Waals surface area contributed by atoms with E-state index >= 15 is 0 Å². The Bertz CT molecular complexity index is 454. The van der Waals surface area contributed by atoms with Crippen molar-refractivity contribution in [3.05, 3.63) is 28.8 Å². The molecule has 0 fully saturated rings. The van der Waals surface area contributed by atoms with Crippen LogP contribution in [-0.4, -0.2) is 30.9 Å². The Morgan fingerprint density at radius 2 is 2.29 bits per heavy atom. The molecule has 5 heteroatoms. The second kappa shape index (κ2) is 6.12. The predicted octanol–water partition coefficient (Wildman–Crippen LogP) is 2.10. The van der Waals surface area contributed by atoms with E-state index in [0.29, 0.717) is 22.8 Å². The van der Waals surface area contributed by atoms with Crippen LogP contribution in [0.3, 0.4) is 0 Å². The fourth-order valence-electron chi connectivity index (χ4n) is 1.24. The van der Waals surface area contributed by atoms with Crippen molar-refractivity contribution in [1.82, 2.24) is 4.90 Å². The van der Waals surface area contributed by atoms with Gasteiger partial charge in [0.25, 0.3) is 0 Å². The van der Waals surface area contributed by atoms with Crippen molar-refractivity contribution in [1.29, 1.82) is 5.26 Å². The molecule has 17 heavy (non-hydrogen) atoms. The van der Waals surface area contributed by atoms with Crippen molar-refractivity contribution in [2.75, 3.05) is 25.5 Å². The number of benzene rings is 1. The van der Waals surface area contributed by atoms with E-state index in [-0.39, 0.29) is 12.5 Å². The lowest BCUT2D eigenvalue weighted by atomic mass is 10.2. The van der Waals surface area contributed by atoms with E-state index in [4.69, 9.17) is 16.9 Å². The molecule has 1 aromatic carbocycles. The maximum absolute atomic E-state index is 11.6. The molecule has 90 valence electrons. The lowest BCUT2D eigenvalue weighted by Crippen LogP contribution is -2.32.